The Morgan fingerprint density at radius 1 is 1.35 bits per heavy atom. The number of methoxy groups -OCH3 is 1. The first-order valence-electron chi connectivity index (χ1n) is 6.34. The molecule has 1 rings (SSSR count). The lowest BCUT2D eigenvalue weighted by atomic mass is 10.2. The maximum Gasteiger partial charge on any atom is 0.242 e. The van der Waals surface area contributed by atoms with Gasteiger partial charge in [0.1, 0.15) is 23.5 Å². The normalized spacial score (nSPS) is 11.8. The van der Waals surface area contributed by atoms with Crippen molar-refractivity contribution in [3.63, 3.8) is 0 Å². The molecule has 0 saturated carbocycles. The van der Waals surface area contributed by atoms with E-state index in [-0.39, 0.29) is 5.91 Å². The van der Waals surface area contributed by atoms with Gasteiger partial charge in [-0.05, 0) is 20.8 Å². The number of ether oxygens (including phenoxy) is 1. The van der Waals surface area contributed by atoms with Crippen molar-refractivity contribution in [3.05, 3.63) is 11.4 Å². The number of nitrogens with one attached hydrogen (secondary N) is 3. The second-order valence-corrected chi connectivity index (χ2v) is 4.39. The highest BCUT2D eigenvalue weighted by Gasteiger charge is 2.15. The number of anilines is 2. The van der Waals surface area contributed by atoms with Crippen LogP contribution in [0.4, 0.5) is 11.6 Å². The summed E-state index contributed by atoms with van der Waals surface area (Å²) in [4.78, 5) is 20.3. The molecule has 1 unspecified atom stereocenters. The molecule has 112 valence electrons. The fourth-order valence-electron chi connectivity index (χ4n) is 1.61. The van der Waals surface area contributed by atoms with Crippen molar-refractivity contribution in [3.8, 4) is 0 Å². The molecule has 1 aromatic rings. The van der Waals surface area contributed by atoms with E-state index in [0.717, 1.165) is 5.56 Å². The third-order valence-electron chi connectivity index (χ3n) is 2.75. The van der Waals surface area contributed by atoms with E-state index in [2.05, 4.69) is 26.0 Å². The third-order valence-corrected chi connectivity index (χ3v) is 2.75. The molecule has 0 aromatic carbocycles. The molecule has 8 heteroatoms. The Morgan fingerprint density at radius 2 is 2.00 bits per heavy atom. The number of hydrogen-bond donors (Lipinski definition) is 4. The summed E-state index contributed by atoms with van der Waals surface area (Å²) in [5, 5.41) is 5.81. The Labute approximate surface area is 118 Å². The van der Waals surface area contributed by atoms with Gasteiger partial charge >= 0.3 is 0 Å². The summed E-state index contributed by atoms with van der Waals surface area (Å²) in [5.74, 6) is 6.96. The van der Waals surface area contributed by atoms with Crippen LogP contribution < -0.4 is 21.9 Å². The van der Waals surface area contributed by atoms with Crippen LogP contribution in [0.5, 0.6) is 0 Å². The number of nitrogen functional groups attached to an aromatic ring is 1. The van der Waals surface area contributed by atoms with Gasteiger partial charge < -0.3 is 20.8 Å². The van der Waals surface area contributed by atoms with Gasteiger partial charge in [0, 0.05) is 19.2 Å². The van der Waals surface area contributed by atoms with Crippen LogP contribution in [-0.4, -0.2) is 42.2 Å². The fraction of sp³-hybridized carbons (Fsp3) is 0.583. The number of nitrogens with zero attached hydrogens (tertiary/aromatic N) is 2. The van der Waals surface area contributed by atoms with E-state index in [0.29, 0.717) is 30.6 Å². The molecular weight excluding hydrogens is 260 g/mol. The highest BCUT2D eigenvalue weighted by molar-refractivity contribution is 5.84. The lowest BCUT2D eigenvalue weighted by molar-refractivity contribution is -0.121. The highest BCUT2D eigenvalue weighted by atomic mass is 16.5. The molecule has 0 aliphatic heterocycles. The average molecular weight is 282 g/mol. The minimum Gasteiger partial charge on any atom is -0.383 e. The first kappa shape index (κ1) is 16.1. The number of carbonyl (C=O) groups excluding carboxylic acids is 1. The van der Waals surface area contributed by atoms with E-state index in [4.69, 9.17) is 10.6 Å². The van der Waals surface area contributed by atoms with E-state index >= 15 is 0 Å². The van der Waals surface area contributed by atoms with E-state index in [9.17, 15) is 4.79 Å². The van der Waals surface area contributed by atoms with Crippen molar-refractivity contribution < 1.29 is 9.53 Å². The van der Waals surface area contributed by atoms with Crippen LogP contribution >= 0.6 is 0 Å². The minimum atomic E-state index is -0.425. The molecule has 0 saturated heterocycles. The molecule has 0 fully saturated rings. The Balaban J connectivity index is 2.72. The number of hydrogen-bond acceptors (Lipinski definition) is 7. The van der Waals surface area contributed by atoms with Crippen LogP contribution in [0, 0.1) is 13.8 Å². The van der Waals surface area contributed by atoms with Crippen LogP contribution in [-0.2, 0) is 9.53 Å². The second-order valence-electron chi connectivity index (χ2n) is 4.39. The Hall–Kier alpha value is -1.93. The maximum absolute atomic E-state index is 11.9. The predicted molar refractivity (Wildman–Crippen MR) is 77.3 cm³/mol. The first-order valence-corrected chi connectivity index (χ1v) is 6.34. The van der Waals surface area contributed by atoms with Crippen molar-refractivity contribution in [2.75, 3.05) is 31.0 Å². The van der Waals surface area contributed by atoms with E-state index in [1.165, 1.54) is 0 Å². The topological polar surface area (TPSA) is 114 Å². The molecule has 0 radical (unpaired) electrons. The summed E-state index contributed by atoms with van der Waals surface area (Å²) >= 11 is 0. The number of carbonyl (C=O) groups is 1. The third kappa shape index (κ3) is 4.32. The molecule has 0 spiro atoms. The number of aryl methyl sites for hydroxylation is 1. The molecule has 1 atom stereocenters. The number of rotatable bonds is 7. The van der Waals surface area contributed by atoms with Crippen LogP contribution in [0.2, 0.25) is 0 Å². The lowest BCUT2D eigenvalue weighted by Crippen LogP contribution is -2.39. The van der Waals surface area contributed by atoms with Crippen LogP contribution in [0.25, 0.3) is 0 Å². The quantitative estimate of drug-likeness (QED) is 0.315. The molecule has 0 bridgehead atoms. The molecule has 1 aromatic heterocycles. The van der Waals surface area contributed by atoms with E-state index in [1.54, 1.807) is 21.0 Å². The molecule has 1 amide bonds. The van der Waals surface area contributed by atoms with Gasteiger partial charge in [0.15, 0.2) is 0 Å². The van der Waals surface area contributed by atoms with Gasteiger partial charge in [-0.1, -0.05) is 0 Å². The van der Waals surface area contributed by atoms with Crippen LogP contribution in [0.3, 0.4) is 0 Å². The Bertz CT molecular complexity index is 466. The van der Waals surface area contributed by atoms with E-state index < -0.39 is 6.04 Å². The van der Waals surface area contributed by atoms with Gasteiger partial charge in [-0.15, -0.1) is 0 Å². The zero-order valence-electron chi connectivity index (χ0n) is 12.3. The SMILES string of the molecule is COCCNC(=O)C(C)Nc1nc(C)nc(NN)c1C. The van der Waals surface area contributed by atoms with Crippen molar-refractivity contribution in [2.45, 2.75) is 26.8 Å². The zero-order chi connectivity index (χ0) is 15.1. The Morgan fingerprint density at radius 3 is 2.60 bits per heavy atom. The predicted octanol–water partition coefficient (Wildman–Crippen LogP) is -0.0580. The first-order chi connectivity index (χ1) is 9.49. The summed E-state index contributed by atoms with van der Waals surface area (Å²) in [5.41, 5.74) is 3.27. The maximum atomic E-state index is 11.9. The summed E-state index contributed by atoms with van der Waals surface area (Å²) in [6.07, 6.45) is 0. The van der Waals surface area contributed by atoms with Gasteiger partial charge in [0.2, 0.25) is 5.91 Å². The molecule has 20 heavy (non-hydrogen) atoms. The lowest BCUT2D eigenvalue weighted by Gasteiger charge is -2.17. The Kier molecular flexibility index (Phi) is 6.13. The van der Waals surface area contributed by atoms with Gasteiger partial charge in [-0.2, -0.15) is 0 Å². The number of nitrogens with two attached hydrogens (primary N) is 1. The molecule has 1 heterocycles. The second kappa shape index (κ2) is 7.61. The summed E-state index contributed by atoms with van der Waals surface area (Å²) in [6.45, 7) is 6.29. The fourth-order valence-corrected chi connectivity index (χ4v) is 1.61. The van der Waals surface area contributed by atoms with Crippen molar-refractivity contribution in [2.24, 2.45) is 5.84 Å². The summed E-state index contributed by atoms with van der Waals surface area (Å²) in [6, 6.07) is -0.425. The van der Waals surface area contributed by atoms with Crippen LogP contribution in [0.15, 0.2) is 0 Å². The van der Waals surface area contributed by atoms with Crippen molar-refractivity contribution in [1.29, 1.82) is 0 Å². The van der Waals surface area contributed by atoms with Gasteiger partial charge in [0.05, 0.1) is 6.61 Å². The average Bonchev–Trinajstić information content (AvgIpc) is 2.42. The van der Waals surface area contributed by atoms with E-state index in [1.807, 2.05) is 6.92 Å². The summed E-state index contributed by atoms with van der Waals surface area (Å²) in [7, 11) is 1.59. The van der Waals surface area contributed by atoms with Gasteiger partial charge in [-0.3, -0.25) is 4.79 Å². The molecule has 8 nitrogen and oxygen atoms in total. The number of amides is 1. The van der Waals surface area contributed by atoms with Gasteiger partial charge in [0.25, 0.3) is 0 Å². The van der Waals surface area contributed by atoms with Crippen LogP contribution in [0.1, 0.15) is 18.3 Å². The summed E-state index contributed by atoms with van der Waals surface area (Å²) < 4.78 is 4.88. The zero-order valence-corrected chi connectivity index (χ0v) is 12.3. The molecule has 0 aliphatic rings. The van der Waals surface area contributed by atoms with Crippen molar-refractivity contribution in [1.82, 2.24) is 15.3 Å². The monoisotopic (exact) mass is 282 g/mol. The number of hydrazine groups is 1. The van der Waals surface area contributed by atoms with Gasteiger partial charge in [-0.25, -0.2) is 15.8 Å². The molecular formula is C12H22N6O2. The largest absolute Gasteiger partial charge is 0.383 e. The highest BCUT2D eigenvalue weighted by Crippen LogP contribution is 2.19. The standard InChI is InChI=1S/C12H22N6O2/c1-7-10(16-9(3)17-11(7)18-13)15-8(2)12(19)14-5-6-20-4/h8H,5-6,13H2,1-4H3,(H,14,19)(H2,15,16,17,18). The number of aromatic nitrogens is 2. The molecule has 5 N–H and O–H groups in total. The van der Waals surface area contributed by atoms with Crippen molar-refractivity contribution >= 4 is 17.5 Å². The smallest absolute Gasteiger partial charge is 0.242 e. The molecule has 0 aliphatic carbocycles. The minimum absolute atomic E-state index is 0.125.